The monoisotopic (exact) mass is 396 g/mol. The summed E-state index contributed by atoms with van der Waals surface area (Å²) in [4.78, 5) is 14.2. The van der Waals surface area contributed by atoms with E-state index in [0.29, 0.717) is 12.3 Å². The zero-order valence-corrected chi connectivity index (χ0v) is 17.2. The van der Waals surface area contributed by atoms with Crippen LogP contribution in [0, 0.1) is 11.3 Å². The lowest BCUT2D eigenvalue weighted by atomic mass is 9.90. The fourth-order valence-electron chi connectivity index (χ4n) is 5.41. The molecule has 28 heavy (non-hydrogen) atoms. The van der Waals surface area contributed by atoms with Crippen molar-refractivity contribution in [1.29, 1.82) is 5.26 Å². The Bertz CT molecular complexity index is 875. The third-order valence-corrected chi connectivity index (χ3v) is 8.04. The van der Waals surface area contributed by atoms with Crippen LogP contribution in [0.2, 0.25) is 0 Å². The molecule has 1 saturated heterocycles. The smallest absolute Gasteiger partial charge is 0.225 e. The third-order valence-electron chi connectivity index (χ3n) is 6.86. The van der Waals surface area contributed by atoms with Crippen LogP contribution in [0.3, 0.4) is 0 Å². The minimum absolute atomic E-state index is 0.255. The second kappa shape index (κ2) is 7.96. The van der Waals surface area contributed by atoms with Crippen molar-refractivity contribution in [3.05, 3.63) is 16.8 Å². The van der Waals surface area contributed by atoms with Crippen LogP contribution in [0.5, 0.6) is 5.88 Å². The van der Waals surface area contributed by atoms with Gasteiger partial charge in [0, 0.05) is 17.3 Å². The number of nitrogens with zero attached hydrogens (tertiary/aromatic N) is 4. The summed E-state index contributed by atoms with van der Waals surface area (Å²) in [5.74, 6) is 1.07. The molecule has 1 atom stereocenters. The molecule has 2 aromatic heterocycles. The Hall–Kier alpha value is -1.71. The van der Waals surface area contributed by atoms with E-state index in [2.05, 4.69) is 20.9 Å². The normalized spacial score (nSPS) is 28.2. The molecule has 6 heteroatoms. The van der Waals surface area contributed by atoms with Crippen LogP contribution in [-0.2, 0) is 6.42 Å². The van der Waals surface area contributed by atoms with E-state index in [1.54, 1.807) is 17.7 Å². The largest absolute Gasteiger partial charge is 0.474 e. The average molecular weight is 397 g/mol. The van der Waals surface area contributed by atoms with Gasteiger partial charge in [-0.1, -0.05) is 6.42 Å². The van der Waals surface area contributed by atoms with Crippen LogP contribution in [0.25, 0.3) is 10.2 Å². The molecule has 2 aromatic rings. The summed E-state index contributed by atoms with van der Waals surface area (Å²) in [6.07, 6.45) is 13.4. The Morgan fingerprint density at radius 3 is 2.71 bits per heavy atom. The number of ether oxygens (including phenoxy) is 1. The van der Waals surface area contributed by atoms with E-state index < -0.39 is 0 Å². The van der Waals surface area contributed by atoms with Gasteiger partial charge in [-0.3, -0.25) is 0 Å². The number of likely N-dealkylation sites (tertiary alicyclic amines) is 1. The Labute approximate surface area is 170 Å². The van der Waals surface area contributed by atoms with Crippen LogP contribution in [-0.4, -0.2) is 40.1 Å². The van der Waals surface area contributed by atoms with Gasteiger partial charge in [-0.15, -0.1) is 11.3 Å². The number of thiophene rings is 1. The molecule has 0 unspecified atom stereocenters. The second-order valence-electron chi connectivity index (χ2n) is 8.54. The number of fused-ring (bicyclic) bond motifs is 3. The quantitative estimate of drug-likeness (QED) is 0.742. The topological polar surface area (TPSA) is 62.0 Å². The summed E-state index contributed by atoms with van der Waals surface area (Å²) in [6, 6.07) is 3.11. The standard InChI is InChI=1S/C22H28N4OS/c23-11-10-15-4-9-18-19(15)20-21(24-14-25-22(20)28-18)27-17-7-5-16(6-8-17)26-12-2-1-3-13-26/h14-17H,1-10,12-13H2/t15-,16?,17?/m1/s1. The summed E-state index contributed by atoms with van der Waals surface area (Å²) in [5, 5.41) is 10.3. The zero-order chi connectivity index (χ0) is 18.9. The number of rotatable bonds is 4. The number of piperidine rings is 1. The first-order valence-corrected chi connectivity index (χ1v) is 11.7. The molecular formula is C22H28N4OS. The maximum Gasteiger partial charge on any atom is 0.225 e. The first kappa shape index (κ1) is 18.3. The molecule has 5 rings (SSSR count). The van der Waals surface area contributed by atoms with E-state index in [1.807, 2.05) is 0 Å². The van der Waals surface area contributed by atoms with E-state index >= 15 is 0 Å². The lowest BCUT2D eigenvalue weighted by molar-refractivity contribution is 0.0756. The Morgan fingerprint density at radius 1 is 1.11 bits per heavy atom. The minimum atomic E-state index is 0.255. The Kier molecular flexibility index (Phi) is 5.21. The number of aromatic nitrogens is 2. The van der Waals surface area contributed by atoms with E-state index in [-0.39, 0.29) is 6.10 Å². The second-order valence-corrected chi connectivity index (χ2v) is 9.62. The first-order valence-electron chi connectivity index (χ1n) is 10.9. The van der Waals surface area contributed by atoms with Crippen molar-refractivity contribution in [2.24, 2.45) is 0 Å². The van der Waals surface area contributed by atoms with E-state index in [9.17, 15) is 5.26 Å². The lowest BCUT2D eigenvalue weighted by Gasteiger charge is -2.38. The highest BCUT2D eigenvalue weighted by Gasteiger charge is 2.32. The number of nitriles is 1. The maximum absolute atomic E-state index is 9.21. The van der Waals surface area contributed by atoms with E-state index in [1.165, 1.54) is 55.6 Å². The molecule has 0 aromatic carbocycles. The SMILES string of the molecule is N#CC[C@H]1CCc2sc3ncnc(OC4CCC(N5CCCCC5)CC4)c3c21. The molecule has 3 heterocycles. The molecule has 2 aliphatic carbocycles. The van der Waals surface area contributed by atoms with Gasteiger partial charge in [0.2, 0.25) is 5.88 Å². The fraction of sp³-hybridized carbons (Fsp3) is 0.682. The highest BCUT2D eigenvalue weighted by atomic mass is 32.1. The van der Waals surface area contributed by atoms with Crippen LogP contribution in [0.15, 0.2) is 6.33 Å². The maximum atomic E-state index is 9.21. The van der Waals surface area contributed by atoms with E-state index in [4.69, 9.17) is 4.74 Å². The Balaban J connectivity index is 1.32. The van der Waals surface area contributed by atoms with Crippen molar-refractivity contribution in [3.63, 3.8) is 0 Å². The predicted octanol–water partition coefficient (Wildman–Crippen LogP) is 4.81. The van der Waals surface area contributed by atoms with Crippen LogP contribution >= 0.6 is 11.3 Å². The van der Waals surface area contributed by atoms with Gasteiger partial charge in [-0.05, 0) is 75.9 Å². The third kappa shape index (κ3) is 3.40. The number of hydrogen-bond donors (Lipinski definition) is 0. The van der Waals surface area contributed by atoms with Crippen LogP contribution in [0.1, 0.15) is 74.1 Å². The van der Waals surface area contributed by atoms with Crippen molar-refractivity contribution >= 4 is 21.6 Å². The summed E-state index contributed by atoms with van der Waals surface area (Å²) in [5.41, 5.74) is 1.30. The molecule has 2 fully saturated rings. The van der Waals surface area contributed by atoms with Gasteiger partial charge < -0.3 is 9.64 Å². The van der Waals surface area contributed by atoms with Gasteiger partial charge in [-0.2, -0.15) is 5.26 Å². The average Bonchev–Trinajstić information content (AvgIpc) is 3.30. The summed E-state index contributed by atoms with van der Waals surface area (Å²) in [6.45, 7) is 2.56. The van der Waals surface area contributed by atoms with Crippen LogP contribution < -0.4 is 4.74 Å². The number of hydrogen-bond acceptors (Lipinski definition) is 6. The van der Waals surface area contributed by atoms with Gasteiger partial charge in [0.05, 0.1) is 11.5 Å². The summed E-state index contributed by atoms with van der Waals surface area (Å²) < 4.78 is 6.47. The number of aryl methyl sites for hydroxylation is 1. The molecule has 0 amide bonds. The fourth-order valence-corrected chi connectivity index (χ4v) is 6.64. The molecule has 3 aliphatic rings. The van der Waals surface area contributed by atoms with Gasteiger partial charge in [0.15, 0.2) is 0 Å². The molecule has 148 valence electrons. The molecule has 1 aliphatic heterocycles. The molecular weight excluding hydrogens is 368 g/mol. The van der Waals surface area contributed by atoms with Crippen molar-refractivity contribution in [3.8, 4) is 11.9 Å². The zero-order valence-electron chi connectivity index (χ0n) is 16.4. The molecule has 0 N–H and O–H groups in total. The highest BCUT2D eigenvalue weighted by Crippen LogP contribution is 2.47. The van der Waals surface area contributed by atoms with Crippen molar-refractivity contribution in [2.45, 2.75) is 82.3 Å². The summed E-state index contributed by atoms with van der Waals surface area (Å²) >= 11 is 1.76. The first-order chi connectivity index (χ1) is 13.8. The lowest BCUT2D eigenvalue weighted by Crippen LogP contribution is -2.42. The molecule has 1 saturated carbocycles. The van der Waals surface area contributed by atoms with Gasteiger partial charge >= 0.3 is 0 Å². The molecule has 0 bridgehead atoms. The van der Waals surface area contributed by atoms with Crippen LogP contribution in [0.4, 0.5) is 0 Å². The predicted molar refractivity (Wildman–Crippen MR) is 111 cm³/mol. The van der Waals surface area contributed by atoms with Gasteiger partial charge in [0.1, 0.15) is 17.3 Å². The van der Waals surface area contributed by atoms with Crippen molar-refractivity contribution < 1.29 is 4.74 Å². The Morgan fingerprint density at radius 2 is 1.93 bits per heavy atom. The minimum Gasteiger partial charge on any atom is -0.474 e. The highest BCUT2D eigenvalue weighted by molar-refractivity contribution is 7.19. The van der Waals surface area contributed by atoms with Crippen molar-refractivity contribution in [1.82, 2.24) is 14.9 Å². The van der Waals surface area contributed by atoms with Crippen molar-refractivity contribution in [2.75, 3.05) is 13.1 Å². The molecule has 0 radical (unpaired) electrons. The summed E-state index contributed by atoms with van der Waals surface area (Å²) in [7, 11) is 0. The molecule has 5 nitrogen and oxygen atoms in total. The van der Waals surface area contributed by atoms with Gasteiger partial charge in [0.25, 0.3) is 0 Å². The molecule has 0 spiro atoms. The van der Waals surface area contributed by atoms with Gasteiger partial charge in [-0.25, -0.2) is 9.97 Å². The van der Waals surface area contributed by atoms with E-state index in [0.717, 1.165) is 47.8 Å².